The number of ether oxygens (including phenoxy) is 3. The van der Waals surface area contributed by atoms with E-state index in [1.807, 2.05) is 0 Å². The highest BCUT2D eigenvalue weighted by Crippen LogP contribution is 2.16. The molecule has 64 heavy (non-hydrogen) atoms. The van der Waals surface area contributed by atoms with Crippen LogP contribution in [0.15, 0.2) is 36.5 Å². The van der Waals surface area contributed by atoms with E-state index in [4.69, 9.17) is 14.2 Å². The van der Waals surface area contributed by atoms with Gasteiger partial charge in [0, 0.05) is 19.3 Å². The fourth-order valence-corrected chi connectivity index (χ4v) is 8.14. The number of carbonyl (C=O) groups excluding carboxylic acids is 3. The molecule has 0 saturated carbocycles. The zero-order valence-corrected chi connectivity index (χ0v) is 42.8. The Hall–Kier alpha value is -2.37. The van der Waals surface area contributed by atoms with Gasteiger partial charge in [0.05, 0.1) is 0 Å². The van der Waals surface area contributed by atoms with Crippen molar-refractivity contribution in [3.63, 3.8) is 0 Å². The highest BCUT2D eigenvalue weighted by Gasteiger charge is 2.19. The molecule has 0 aliphatic rings. The molecule has 0 aliphatic heterocycles. The van der Waals surface area contributed by atoms with E-state index in [-0.39, 0.29) is 31.1 Å². The maximum absolute atomic E-state index is 12.8. The summed E-state index contributed by atoms with van der Waals surface area (Å²) in [5.41, 5.74) is 0. The number of rotatable bonds is 51. The number of hydrogen-bond acceptors (Lipinski definition) is 6. The molecule has 6 nitrogen and oxygen atoms in total. The average Bonchev–Trinajstić information content (AvgIpc) is 3.29. The molecule has 0 amide bonds. The Kier molecular flexibility index (Phi) is 51.3. The van der Waals surface area contributed by atoms with Crippen molar-refractivity contribution >= 4 is 17.9 Å². The van der Waals surface area contributed by atoms with Gasteiger partial charge >= 0.3 is 17.9 Å². The molecule has 0 spiro atoms. The molecule has 0 radical (unpaired) electrons. The lowest BCUT2D eigenvalue weighted by Gasteiger charge is -2.18. The van der Waals surface area contributed by atoms with Crippen LogP contribution < -0.4 is 0 Å². The van der Waals surface area contributed by atoms with Crippen molar-refractivity contribution in [2.45, 2.75) is 303 Å². The Bertz CT molecular complexity index is 1080. The Balaban J connectivity index is 4.37. The summed E-state index contributed by atoms with van der Waals surface area (Å²) in [6, 6.07) is 0. The summed E-state index contributed by atoms with van der Waals surface area (Å²) in [4.78, 5) is 38.1. The molecule has 374 valence electrons. The maximum atomic E-state index is 12.8. The monoisotopic (exact) mass is 899 g/mol. The van der Waals surface area contributed by atoms with E-state index in [0.717, 1.165) is 70.6 Å². The van der Waals surface area contributed by atoms with Crippen molar-refractivity contribution in [3.05, 3.63) is 36.5 Å². The molecule has 0 heterocycles. The highest BCUT2D eigenvalue weighted by atomic mass is 16.6. The minimum atomic E-state index is -0.778. The van der Waals surface area contributed by atoms with Gasteiger partial charge in [0.15, 0.2) is 6.10 Å². The Morgan fingerprint density at radius 2 is 0.562 bits per heavy atom. The molecule has 0 rings (SSSR count). The first-order valence-corrected chi connectivity index (χ1v) is 28.0. The second-order valence-electron chi connectivity index (χ2n) is 18.9. The third-order valence-corrected chi connectivity index (χ3v) is 12.4. The fourth-order valence-electron chi connectivity index (χ4n) is 8.14. The molecule has 1 unspecified atom stereocenters. The quantitative estimate of drug-likeness (QED) is 0.0199. The summed E-state index contributed by atoms with van der Waals surface area (Å²) in [5.74, 6) is -0.882. The fraction of sp³-hybridized carbons (Fsp3) is 0.845. The van der Waals surface area contributed by atoms with E-state index in [0.29, 0.717) is 19.3 Å². The van der Waals surface area contributed by atoms with Crippen LogP contribution in [0.25, 0.3) is 0 Å². The largest absolute Gasteiger partial charge is 0.462 e. The topological polar surface area (TPSA) is 78.9 Å². The van der Waals surface area contributed by atoms with E-state index >= 15 is 0 Å². The van der Waals surface area contributed by atoms with Crippen LogP contribution in [0.3, 0.4) is 0 Å². The third-order valence-electron chi connectivity index (χ3n) is 12.4. The molecule has 0 aromatic rings. The summed E-state index contributed by atoms with van der Waals surface area (Å²) in [7, 11) is 0. The smallest absolute Gasteiger partial charge is 0.306 e. The summed E-state index contributed by atoms with van der Waals surface area (Å²) in [5, 5.41) is 0. The van der Waals surface area contributed by atoms with Crippen molar-refractivity contribution in [3.8, 4) is 0 Å². The minimum Gasteiger partial charge on any atom is -0.462 e. The van der Waals surface area contributed by atoms with Crippen LogP contribution >= 0.6 is 0 Å². The van der Waals surface area contributed by atoms with Gasteiger partial charge in [-0.05, 0) is 70.6 Å². The van der Waals surface area contributed by atoms with Crippen molar-refractivity contribution in [1.82, 2.24) is 0 Å². The van der Waals surface area contributed by atoms with Crippen LogP contribution in [0.2, 0.25) is 0 Å². The molecule has 0 aromatic heterocycles. The molecule has 6 heteroatoms. The Labute approximate surface area is 397 Å². The molecule has 0 N–H and O–H groups in total. The van der Waals surface area contributed by atoms with Crippen LogP contribution in [-0.2, 0) is 28.6 Å². The predicted octanol–water partition coefficient (Wildman–Crippen LogP) is 18.5. The van der Waals surface area contributed by atoms with Gasteiger partial charge in [-0.15, -0.1) is 0 Å². The van der Waals surface area contributed by atoms with Gasteiger partial charge in [0.1, 0.15) is 13.2 Å². The number of esters is 3. The standard InChI is InChI=1S/C58H106O6/c1-4-7-10-13-16-19-22-25-28-31-33-36-39-42-45-48-51-57(60)63-54-55(64-58(61)52-49-46-43-40-37-34-30-27-24-21-18-15-12-9-6-3)53-62-56(59)50-47-44-41-38-35-32-29-26-23-20-17-14-11-8-5-2/h18,21,24,27-28,31,55H,4-17,19-20,22-23,25-26,29-30,32-54H2,1-3H3/b21-18-,27-24-,31-28-. The highest BCUT2D eigenvalue weighted by molar-refractivity contribution is 5.71. The van der Waals surface area contributed by atoms with E-state index < -0.39 is 6.10 Å². The lowest BCUT2D eigenvalue weighted by atomic mass is 10.0. The zero-order valence-electron chi connectivity index (χ0n) is 42.8. The number of allylic oxidation sites excluding steroid dienone is 6. The van der Waals surface area contributed by atoms with Gasteiger partial charge in [-0.2, -0.15) is 0 Å². The molecule has 0 saturated heterocycles. The maximum Gasteiger partial charge on any atom is 0.306 e. The second-order valence-corrected chi connectivity index (χ2v) is 18.9. The average molecular weight is 899 g/mol. The lowest BCUT2D eigenvalue weighted by Crippen LogP contribution is -2.30. The van der Waals surface area contributed by atoms with E-state index in [2.05, 4.69) is 57.2 Å². The summed E-state index contributed by atoms with van der Waals surface area (Å²) >= 11 is 0. The van der Waals surface area contributed by atoms with Gasteiger partial charge < -0.3 is 14.2 Å². The first-order chi connectivity index (χ1) is 31.5. The van der Waals surface area contributed by atoms with Crippen molar-refractivity contribution < 1.29 is 28.6 Å². The van der Waals surface area contributed by atoms with Gasteiger partial charge in [-0.3, -0.25) is 14.4 Å². The molecular weight excluding hydrogens is 793 g/mol. The summed E-state index contributed by atoms with van der Waals surface area (Å²) in [6.45, 7) is 6.62. The molecule has 0 aliphatic carbocycles. The van der Waals surface area contributed by atoms with Gasteiger partial charge in [0.2, 0.25) is 0 Å². The van der Waals surface area contributed by atoms with Crippen LogP contribution in [0.1, 0.15) is 297 Å². The van der Waals surface area contributed by atoms with Crippen molar-refractivity contribution in [2.24, 2.45) is 0 Å². The minimum absolute atomic E-state index is 0.0762. The van der Waals surface area contributed by atoms with Crippen LogP contribution in [0, 0.1) is 0 Å². The molecular formula is C58H106O6. The van der Waals surface area contributed by atoms with Gasteiger partial charge in [-0.1, -0.05) is 243 Å². The van der Waals surface area contributed by atoms with E-state index in [9.17, 15) is 14.4 Å². The molecule has 1 atom stereocenters. The number of carbonyl (C=O) groups is 3. The Morgan fingerprint density at radius 1 is 0.312 bits per heavy atom. The molecule has 0 bridgehead atoms. The number of hydrogen-bond donors (Lipinski definition) is 0. The van der Waals surface area contributed by atoms with Crippen LogP contribution in [0.4, 0.5) is 0 Å². The van der Waals surface area contributed by atoms with E-state index in [1.165, 1.54) is 186 Å². The first-order valence-electron chi connectivity index (χ1n) is 28.0. The van der Waals surface area contributed by atoms with Crippen molar-refractivity contribution in [2.75, 3.05) is 13.2 Å². The lowest BCUT2D eigenvalue weighted by molar-refractivity contribution is -0.167. The van der Waals surface area contributed by atoms with Crippen LogP contribution in [0.5, 0.6) is 0 Å². The Morgan fingerprint density at radius 3 is 0.906 bits per heavy atom. The van der Waals surface area contributed by atoms with Crippen molar-refractivity contribution in [1.29, 1.82) is 0 Å². The third kappa shape index (κ3) is 50.6. The SMILES string of the molecule is CCCCC/C=C\C=C/CCCCCCCCC(=O)OC(COC(=O)CCCCCCC/C=C\CCCCCCCCC)COC(=O)CCCCCCCCCCCCCCCCC. The molecule has 0 fully saturated rings. The van der Waals surface area contributed by atoms with Crippen LogP contribution in [-0.4, -0.2) is 37.2 Å². The molecule has 0 aromatic carbocycles. The normalized spacial score (nSPS) is 12.2. The second kappa shape index (κ2) is 53.2. The number of unbranched alkanes of at least 4 members (excludes halogenated alkanes) is 35. The predicted molar refractivity (Wildman–Crippen MR) is 275 cm³/mol. The van der Waals surface area contributed by atoms with Gasteiger partial charge in [0.25, 0.3) is 0 Å². The zero-order chi connectivity index (χ0) is 46.5. The summed E-state index contributed by atoms with van der Waals surface area (Å²) < 4.78 is 16.8. The summed E-state index contributed by atoms with van der Waals surface area (Å²) in [6.07, 6.45) is 62.7. The van der Waals surface area contributed by atoms with Gasteiger partial charge in [-0.25, -0.2) is 0 Å². The first kappa shape index (κ1) is 61.6. The van der Waals surface area contributed by atoms with E-state index in [1.54, 1.807) is 0 Å².